The summed E-state index contributed by atoms with van der Waals surface area (Å²) in [4.78, 5) is 2.45. The molecule has 0 aliphatic heterocycles. The average molecular weight is 280 g/mol. The van der Waals surface area contributed by atoms with E-state index in [0.29, 0.717) is 16.9 Å². The minimum absolute atomic E-state index is 0.502. The highest BCUT2D eigenvalue weighted by Gasteiger charge is 2.58. The van der Waals surface area contributed by atoms with Crippen LogP contribution in [-0.2, 0) is 0 Å². The van der Waals surface area contributed by atoms with Gasteiger partial charge in [-0.3, -0.25) is 0 Å². The van der Waals surface area contributed by atoms with Crippen LogP contribution < -0.4 is 5.32 Å². The van der Waals surface area contributed by atoms with Gasteiger partial charge in [0.15, 0.2) is 0 Å². The molecule has 2 aliphatic rings. The van der Waals surface area contributed by atoms with E-state index in [1.54, 1.807) is 0 Å². The van der Waals surface area contributed by atoms with Crippen molar-refractivity contribution in [3.63, 3.8) is 0 Å². The minimum Gasteiger partial charge on any atom is -0.313 e. The highest BCUT2D eigenvalue weighted by Crippen LogP contribution is 2.62. The fourth-order valence-electron chi connectivity index (χ4n) is 4.80. The lowest BCUT2D eigenvalue weighted by atomic mass is 9.68. The summed E-state index contributed by atoms with van der Waals surface area (Å²) in [6.45, 7) is 14.5. The smallest absolute Gasteiger partial charge is 0.0175 e. The first-order valence-corrected chi connectivity index (χ1v) is 8.71. The zero-order chi connectivity index (χ0) is 15.0. The zero-order valence-electron chi connectivity index (χ0n) is 14.6. The van der Waals surface area contributed by atoms with Crippen LogP contribution in [0.15, 0.2) is 0 Å². The van der Waals surface area contributed by atoms with E-state index in [4.69, 9.17) is 0 Å². The molecule has 2 rings (SSSR count). The van der Waals surface area contributed by atoms with Crippen molar-refractivity contribution in [2.75, 3.05) is 20.1 Å². The highest BCUT2D eigenvalue weighted by atomic mass is 15.1. The van der Waals surface area contributed by atoms with Crippen LogP contribution >= 0.6 is 0 Å². The molecule has 0 aromatic heterocycles. The molecule has 2 saturated carbocycles. The van der Waals surface area contributed by atoms with Gasteiger partial charge in [0.05, 0.1) is 0 Å². The Morgan fingerprint density at radius 1 is 1.20 bits per heavy atom. The van der Waals surface area contributed by atoms with Crippen molar-refractivity contribution in [3.8, 4) is 0 Å². The molecular weight excluding hydrogens is 244 g/mol. The summed E-state index contributed by atoms with van der Waals surface area (Å²) < 4.78 is 0. The van der Waals surface area contributed by atoms with E-state index in [9.17, 15) is 0 Å². The summed E-state index contributed by atoms with van der Waals surface area (Å²) in [5.74, 6) is 0.956. The molecule has 0 amide bonds. The Hall–Kier alpha value is -0.0800. The third-order valence-electron chi connectivity index (χ3n) is 6.44. The summed E-state index contributed by atoms with van der Waals surface area (Å²) in [5, 5.41) is 3.93. The molecule has 0 aromatic carbocycles. The zero-order valence-corrected chi connectivity index (χ0v) is 14.6. The van der Waals surface area contributed by atoms with Gasteiger partial charge in [-0.1, -0.05) is 20.8 Å². The van der Waals surface area contributed by atoms with Gasteiger partial charge in [-0.15, -0.1) is 0 Å². The Bertz CT molecular complexity index is 319. The SMILES string of the molecule is CC(C)N(C)CCCCNC1C2(C)CCC(C2)C1(C)C. The second-order valence-corrected chi connectivity index (χ2v) is 8.58. The van der Waals surface area contributed by atoms with Gasteiger partial charge in [0.25, 0.3) is 0 Å². The van der Waals surface area contributed by atoms with E-state index in [1.807, 2.05) is 0 Å². The molecule has 1 N–H and O–H groups in total. The van der Waals surface area contributed by atoms with Gasteiger partial charge in [0.2, 0.25) is 0 Å². The lowest BCUT2D eigenvalue weighted by molar-refractivity contribution is 0.109. The molecule has 0 spiro atoms. The summed E-state index contributed by atoms with van der Waals surface area (Å²) in [6, 6.07) is 1.41. The Morgan fingerprint density at radius 3 is 2.45 bits per heavy atom. The van der Waals surface area contributed by atoms with E-state index in [-0.39, 0.29) is 0 Å². The van der Waals surface area contributed by atoms with Gasteiger partial charge in [-0.25, -0.2) is 0 Å². The first-order chi connectivity index (χ1) is 9.27. The second kappa shape index (κ2) is 5.96. The fourth-order valence-corrected chi connectivity index (χ4v) is 4.80. The molecule has 2 fully saturated rings. The first kappa shape index (κ1) is 16.3. The lowest BCUT2D eigenvalue weighted by Crippen LogP contribution is -2.50. The molecule has 2 aliphatic carbocycles. The molecule has 2 nitrogen and oxygen atoms in total. The maximum Gasteiger partial charge on any atom is 0.0175 e. The Kier molecular flexibility index (Phi) is 4.86. The predicted octanol–water partition coefficient (Wildman–Crippen LogP) is 3.91. The lowest BCUT2D eigenvalue weighted by Gasteiger charge is -2.43. The van der Waals surface area contributed by atoms with Crippen LogP contribution in [0.3, 0.4) is 0 Å². The van der Waals surface area contributed by atoms with Crippen molar-refractivity contribution in [2.24, 2.45) is 16.7 Å². The van der Waals surface area contributed by atoms with Gasteiger partial charge < -0.3 is 10.2 Å². The molecule has 0 aromatic rings. The topological polar surface area (TPSA) is 15.3 Å². The van der Waals surface area contributed by atoms with Crippen LogP contribution in [0.4, 0.5) is 0 Å². The molecule has 3 unspecified atom stereocenters. The molecule has 0 heterocycles. The van der Waals surface area contributed by atoms with Crippen LogP contribution in [-0.4, -0.2) is 37.1 Å². The highest BCUT2D eigenvalue weighted by molar-refractivity contribution is 5.11. The molecule has 2 bridgehead atoms. The maximum atomic E-state index is 3.93. The van der Waals surface area contributed by atoms with E-state index >= 15 is 0 Å². The van der Waals surface area contributed by atoms with E-state index in [0.717, 1.165) is 12.0 Å². The van der Waals surface area contributed by atoms with Crippen LogP contribution in [0.2, 0.25) is 0 Å². The molecule has 2 heteroatoms. The van der Waals surface area contributed by atoms with Crippen molar-refractivity contribution in [3.05, 3.63) is 0 Å². The fraction of sp³-hybridized carbons (Fsp3) is 1.00. The van der Waals surface area contributed by atoms with Gasteiger partial charge in [0.1, 0.15) is 0 Å². The summed E-state index contributed by atoms with van der Waals surface area (Å²) >= 11 is 0. The maximum absolute atomic E-state index is 3.93. The van der Waals surface area contributed by atoms with E-state index < -0.39 is 0 Å². The Labute approximate surface area is 126 Å². The van der Waals surface area contributed by atoms with Crippen molar-refractivity contribution in [2.45, 2.75) is 78.8 Å². The van der Waals surface area contributed by atoms with Crippen molar-refractivity contribution in [1.82, 2.24) is 10.2 Å². The summed E-state index contributed by atoms with van der Waals surface area (Å²) in [5.41, 5.74) is 1.07. The quantitative estimate of drug-likeness (QED) is 0.711. The molecule has 0 radical (unpaired) electrons. The monoisotopic (exact) mass is 280 g/mol. The van der Waals surface area contributed by atoms with E-state index in [1.165, 1.54) is 45.2 Å². The van der Waals surface area contributed by atoms with Gasteiger partial charge >= 0.3 is 0 Å². The Balaban J connectivity index is 1.72. The van der Waals surface area contributed by atoms with Crippen LogP contribution in [0.25, 0.3) is 0 Å². The van der Waals surface area contributed by atoms with E-state index in [2.05, 4.69) is 51.9 Å². The largest absolute Gasteiger partial charge is 0.313 e. The van der Waals surface area contributed by atoms with Crippen molar-refractivity contribution in [1.29, 1.82) is 0 Å². The number of hydrogen-bond acceptors (Lipinski definition) is 2. The van der Waals surface area contributed by atoms with Gasteiger partial charge in [-0.2, -0.15) is 0 Å². The Morgan fingerprint density at radius 2 is 1.90 bits per heavy atom. The van der Waals surface area contributed by atoms with Crippen LogP contribution in [0, 0.1) is 16.7 Å². The molecule has 3 atom stereocenters. The van der Waals surface area contributed by atoms with Gasteiger partial charge in [-0.05, 0) is 82.8 Å². The number of hydrogen-bond donors (Lipinski definition) is 1. The van der Waals surface area contributed by atoms with Crippen molar-refractivity contribution >= 4 is 0 Å². The third-order valence-corrected chi connectivity index (χ3v) is 6.44. The number of nitrogens with zero attached hydrogens (tertiary/aromatic N) is 1. The molecule has 0 saturated heterocycles. The van der Waals surface area contributed by atoms with Crippen LogP contribution in [0.5, 0.6) is 0 Å². The van der Waals surface area contributed by atoms with Gasteiger partial charge in [0, 0.05) is 12.1 Å². The summed E-state index contributed by atoms with van der Waals surface area (Å²) in [7, 11) is 2.23. The standard InChI is InChI=1S/C18H36N2/c1-14(2)20(6)12-8-7-11-19-16-17(3,4)15-9-10-18(16,5)13-15/h14-16,19H,7-13H2,1-6H3. The third kappa shape index (κ3) is 3.06. The number of nitrogens with one attached hydrogen (secondary N) is 1. The molecule has 20 heavy (non-hydrogen) atoms. The second-order valence-electron chi connectivity index (χ2n) is 8.58. The number of unbranched alkanes of at least 4 members (excludes halogenated alkanes) is 1. The average Bonchev–Trinajstić information content (AvgIpc) is 2.83. The number of rotatable bonds is 7. The van der Waals surface area contributed by atoms with Crippen molar-refractivity contribution < 1.29 is 0 Å². The molecule has 118 valence electrons. The minimum atomic E-state index is 0.502. The number of fused-ring (bicyclic) bond motifs is 2. The first-order valence-electron chi connectivity index (χ1n) is 8.71. The molecular formula is C18H36N2. The normalized spacial score (nSPS) is 35.4. The predicted molar refractivity (Wildman–Crippen MR) is 88.0 cm³/mol. The summed E-state index contributed by atoms with van der Waals surface area (Å²) in [6.07, 6.45) is 6.98. The van der Waals surface area contributed by atoms with Crippen LogP contribution in [0.1, 0.15) is 66.7 Å².